The van der Waals surface area contributed by atoms with Gasteiger partial charge < -0.3 is 43.7 Å². The number of nitrogens with zero attached hydrogens (tertiary/aromatic N) is 5. The lowest BCUT2D eigenvalue weighted by Gasteiger charge is -2.31. The summed E-state index contributed by atoms with van der Waals surface area (Å²) in [6.45, 7) is 24.5. The first-order valence-electron chi connectivity index (χ1n) is 20.6. The molecule has 21 nitrogen and oxygen atoms in total. The number of anilines is 1. The summed E-state index contributed by atoms with van der Waals surface area (Å²) < 4.78 is 33.3. The number of guanidine groups is 1. The number of rotatable bonds is 13. The van der Waals surface area contributed by atoms with Gasteiger partial charge in [0.05, 0.1) is 12.6 Å². The van der Waals surface area contributed by atoms with Crippen molar-refractivity contribution in [2.45, 2.75) is 144 Å². The summed E-state index contributed by atoms with van der Waals surface area (Å²) in [6.07, 6.45) is -4.67. The molecule has 0 aliphatic carbocycles. The molecule has 2 aromatic rings. The molecule has 1 aliphatic rings. The van der Waals surface area contributed by atoms with Crippen molar-refractivity contribution in [1.82, 2.24) is 20.1 Å². The molecule has 0 radical (unpaired) electrons. The van der Waals surface area contributed by atoms with Gasteiger partial charge in [-0.05, 0) is 122 Å². The predicted octanol–water partition coefficient (Wildman–Crippen LogP) is 7.49. The van der Waals surface area contributed by atoms with Gasteiger partial charge >= 0.3 is 36.3 Å². The van der Waals surface area contributed by atoms with Crippen LogP contribution in [0.1, 0.15) is 121 Å². The SMILES string of the molecule is CC(C)(C)OC(=O)NCCN(C(=O)OC(C)(C)C)C1=N[C@@H](c2ccc(OC[C@H](ON=C(C(=O)O)c3csc(NC(=O)OC(C)(C)C)n3)C(=O)OC(C)(C)C)cc2)CN1C(=O)OC(C)(C)C. The maximum absolute atomic E-state index is 13.7. The molecule has 65 heavy (non-hydrogen) atoms. The molecule has 1 aromatic carbocycles. The Labute approximate surface area is 383 Å². The van der Waals surface area contributed by atoms with Crippen LogP contribution in [0.2, 0.25) is 0 Å². The standard InChI is InChI=1S/C43H63N7O14S/c1-39(2,3)59-32(53)29(64-48-30(31(51)52)28-24-65-33(45-28)47-36(55)61-41(7,8)9)23-58-26-18-16-25(17-19-26)27-22-50(38(57)63-43(13,14)15)34(46-27)49(37(56)62-42(10,11)12)21-20-44-35(54)60-40(4,5)6/h16-19,24,27,29H,20-23H2,1-15H3,(H,44,54)(H,51,52)(H,45,47,55)/t27-,29+/m1/s1. The largest absolute Gasteiger partial charge is 0.489 e. The van der Waals surface area contributed by atoms with Crippen molar-refractivity contribution in [2.75, 3.05) is 31.6 Å². The van der Waals surface area contributed by atoms with Gasteiger partial charge in [0.15, 0.2) is 5.13 Å². The fourth-order valence-electron chi connectivity index (χ4n) is 5.16. The first-order chi connectivity index (χ1) is 29.7. The van der Waals surface area contributed by atoms with Gasteiger partial charge in [0, 0.05) is 18.5 Å². The number of alkyl carbamates (subject to hydrolysis) is 1. The van der Waals surface area contributed by atoms with E-state index in [9.17, 15) is 33.9 Å². The fraction of sp³-hybridized carbons (Fsp3) is 0.605. The van der Waals surface area contributed by atoms with Crippen LogP contribution in [0.3, 0.4) is 0 Å². The molecule has 2 heterocycles. The Morgan fingerprint density at radius 1 is 0.800 bits per heavy atom. The van der Waals surface area contributed by atoms with Crippen LogP contribution in [0.25, 0.3) is 0 Å². The second-order valence-electron chi connectivity index (χ2n) is 19.5. The minimum atomic E-state index is -1.56. The van der Waals surface area contributed by atoms with Crippen LogP contribution in [-0.2, 0) is 38.1 Å². The summed E-state index contributed by atoms with van der Waals surface area (Å²) in [4.78, 5) is 94.2. The normalized spacial score (nSPS) is 15.2. The third-order valence-electron chi connectivity index (χ3n) is 7.51. The first kappa shape index (κ1) is 53.2. The van der Waals surface area contributed by atoms with Gasteiger partial charge in [-0.3, -0.25) is 5.32 Å². The minimum Gasteiger partial charge on any atom is -0.489 e. The molecular formula is C43H63N7O14S. The van der Waals surface area contributed by atoms with Crippen LogP contribution < -0.4 is 15.4 Å². The van der Waals surface area contributed by atoms with Gasteiger partial charge in [0.25, 0.3) is 6.10 Å². The number of carbonyl (C=O) groups excluding carboxylic acids is 5. The number of benzene rings is 1. The van der Waals surface area contributed by atoms with Gasteiger partial charge in [-0.2, -0.15) is 0 Å². The number of carboxylic acid groups (broad SMARTS) is 1. The van der Waals surface area contributed by atoms with Crippen molar-refractivity contribution < 1.29 is 67.1 Å². The quantitative estimate of drug-likeness (QED) is 0.0761. The number of thiazole rings is 1. The zero-order valence-electron chi connectivity index (χ0n) is 39.8. The second kappa shape index (κ2) is 21.2. The van der Waals surface area contributed by atoms with E-state index in [1.54, 1.807) is 128 Å². The van der Waals surface area contributed by atoms with E-state index in [1.165, 1.54) is 10.3 Å². The maximum atomic E-state index is 13.7. The summed E-state index contributed by atoms with van der Waals surface area (Å²) in [5.41, 5.74) is -4.58. The molecule has 4 amide bonds. The van der Waals surface area contributed by atoms with E-state index >= 15 is 0 Å². The van der Waals surface area contributed by atoms with Crippen LogP contribution >= 0.6 is 11.3 Å². The molecule has 0 fully saturated rings. The number of carboxylic acids is 1. The number of aromatic nitrogens is 1. The molecule has 1 aromatic heterocycles. The Morgan fingerprint density at radius 2 is 1.35 bits per heavy atom. The van der Waals surface area contributed by atoms with Crippen molar-refractivity contribution in [1.29, 1.82) is 0 Å². The lowest BCUT2D eigenvalue weighted by molar-refractivity contribution is -0.170. The van der Waals surface area contributed by atoms with Gasteiger partial charge in [-0.25, -0.2) is 48.5 Å². The molecule has 0 saturated carbocycles. The average Bonchev–Trinajstić information content (AvgIpc) is 3.75. The zero-order chi connectivity index (χ0) is 49.3. The summed E-state index contributed by atoms with van der Waals surface area (Å²) in [7, 11) is 0. The van der Waals surface area contributed by atoms with Crippen LogP contribution in [-0.4, -0.2) is 128 Å². The lowest BCUT2D eigenvalue weighted by Crippen LogP contribution is -2.52. The highest BCUT2D eigenvalue weighted by Crippen LogP contribution is 2.30. The molecule has 3 N–H and O–H groups in total. The number of oxime groups is 1. The van der Waals surface area contributed by atoms with Crippen molar-refractivity contribution in [3.63, 3.8) is 0 Å². The summed E-state index contributed by atoms with van der Waals surface area (Å²) >= 11 is 0.915. The van der Waals surface area contributed by atoms with E-state index in [4.69, 9.17) is 38.3 Å². The van der Waals surface area contributed by atoms with E-state index in [0.29, 0.717) is 5.56 Å². The number of ether oxygens (including phenoxy) is 6. The van der Waals surface area contributed by atoms with Crippen molar-refractivity contribution in [3.8, 4) is 5.75 Å². The Hall–Kier alpha value is -6.19. The van der Waals surface area contributed by atoms with Gasteiger partial charge in [0.2, 0.25) is 11.7 Å². The zero-order valence-corrected chi connectivity index (χ0v) is 40.6. The highest BCUT2D eigenvalue weighted by Gasteiger charge is 2.40. The van der Waals surface area contributed by atoms with E-state index in [0.717, 1.165) is 16.2 Å². The number of amides is 4. The number of carbonyl (C=O) groups is 6. The van der Waals surface area contributed by atoms with Gasteiger partial charge in [-0.1, -0.05) is 17.3 Å². The number of hydrogen-bond donors (Lipinski definition) is 3. The molecule has 2 atom stereocenters. The van der Waals surface area contributed by atoms with E-state index in [1.807, 2.05) is 0 Å². The van der Waals surface area contributed by atoms with Crippen LogP contribution in [0.15, 0.2) is 39.8 Å². The van der Waals surface area contributed by atoms with Crippen molar-refractivity contribution in [2.24, 2.45) is 10.1 Å². The average molecular weight is 934 g/mol. The number of nitrogens with one attached hydrogen (secondary N) is 2. The number of aliphatic imine (C=N–C) groups is 1. The fourth-order valence-corrected chi connectivity index (χ4v) is 5.84. The van der Waals surface area contributed by atoms with E-state index in [2.05, 4.69) is 20.8 Å². The van der Waals surface area contributed by atoms with Gasteiger partial charge in [0.1, 0.15) is 46.1 Å². The molecule has 1 aliphatic heterocycles. The first-order valence-corrected chi connectivity index (χ1v) is 21.5. The topological polar surface area (TPSA) is 255 Å². The molecule has 0 bridgehead atoms. The lowest BCUT2D eigenvalue weighted by atomic mass is 10.1. The van der Waals surface area contributed by atoms with E-state index < -0.39 is 88.8 Å². The smallest absolute Gasteiger partial charge is 0.417 e. The second-order valence-corrected chi connectivity index (χ2v) is 20.4. The third kappa shape index (κ3) is 18.8. The Balaban J connectivity index is 1.89. The Morgan fingerprint density at radius 3 is 1.89 bits per heavy atom. The summed E-state index contributed by atoms with van der Waals surface area (Å²) in [5, 5.41) is 20.1. The van der Waals surface area contributed by atoms with E-state index in [-0.39, 0.29) is 42.2 Å². The molecule has 3 rings (SSSR count). The molecule has 0 saturated heterocycles. The van der Waals surface area contributed by atoms with Crippen molar-refractivity contribution >= 4 is 64.5 Å². The third-order valence-corrected chi connectivity index (χ3v) is 8.26. The molecule has 360 valence electrons. The molecule has 0 unspecified atom stereocenters. The molecular weight excluding hydrogens is 871 g/mol. The van der Waals surface area contributed by atoms with Crippen LogP contribution in [0.5, 0.6) is 5.75 Å². The maximum Gasteiger partial charge on any atom is 0.417 e. The predicted molar refractivity (Wildman–Crippen MR) is 239 cm³/mol. The molecule has 22 heteroatoms. The van der Waals surface area contributed by atoms with Gasteiger partial charge in [-0.15, -0.1) is 11.3 Å². The minimum absolute atomic E-state index is 0.0312. The van der Waals surface area contributed by atoms with Crippen molar-refractivity contribution in [3.05, 3.63) is 40.9 Å². The highest BCUT2D eigenvalue weighted by atomic mass is 32.1. The molecule has 0 spiro atoms. The highest BCUT2D eigenvalue weighted by molar-refractivity contribution is 7.14. The number of aliphatic carboxylic acids is 1. The Bertz CT molecular complexity index is 2090. The summed E-state index contributed by atoms with van der Waals surface area (Å²) in [5.74, 6) is -2.26. The van der Waals surface area contributed by atoms with Crippen LogP contribution in [0.4, 0.5) is 24.3 Å². The van der Waals surface area contributed by atoms with Crippen LogP contribution in [0, 0.1) is 0 Å². The summed E-state index contributed by atoms with van der Waals surface area (Å²) in [6, 6.07) is 5.75. The monoisotopic (exact) mass is 933 g/mol. The Kier molecular flexibility index (Phi) is 17.3. The number of hydrogen-bond acceptors (Lipinski definition) is 17. The number of esters is 1.